The molecule has 2 aromatic heterocycles. The molecule has 2 amide bonds. The van der Waals surface area contributed by atoms with Crippen LogP contribution in [0.15, 0.2) is 30.0 Å². The van der Waals surface area contributed by atoms with Gasteiger partial charge in [-0.2, -0.15) is 0 Å². The average Bonchev–Trinajstić information content (AvgIpc) is 2.87. The van der Waals surface area contributed by atoms with Gasteiger partial charge in [0, 0.05) is 38.1 Å². The van der Waals surface area contributed by atoms with E-state index in [1.807, 2.05) is 16.7 Å². The molecule has 130 valence electrons. The number of amides is 2. The number of aryl methyl sites for hydroxylation is 1. The van der Waals surface area contributed by atoms with Gasteiger partial charge in [-0.1, -0.05) is 0 Å². The number of aromatic nitrogens is 2. The van der Waals surface area contributed by atoms with Gasteiger partial charge >= 0.3 is 0 Å². The highest BCUT2D eigenvalue weighted by Gasteiger charge is 2.39. The van der Waals surface area contributed by atoms with Crippen molar-refractivity contribution in [2.45, 2.75) is 25.8 Å². The van der Waals surface area contributed by atoms with Gasteiger partial charge in [0.15, 0.2) is 0 Å². The molecule has 3 aliphatic rings. The van der Waals surface area contributed by atoms with Gasteiger partial charge in [-0.25, -0.2) is 4.98 Å². The number of pyridine rings is 1. The smallest absolute Gasteiger partial charge is 0.266 e. The highest BCUT2D eigenvalue weighted by atomic mass is 32.1. The first-order chi connectivity index (χ1) is 12.1. The van der Waals surface area contributed by atoms with E-state index in [-0.39, 0.29) is 17.9 Å². The van der Waals surface area contributed by atoms with E-state index in [2.05, 4.69) is 9.97 Å². The second-order valence-corrected chi connectivity index (χ2v) is 7.63. The van der Waals surface area contributed by atoms with Gasteiger partial charge in [-0.05, 0) is 37.8 Å². The maximum atomic E-state index is 13.0. The van der Waals surface area contributed by atoms with Crippen LogP contribution in [0.4, 0.5) is 0 Å². The van der Waals surface area contributed by atoms with Crippen molar-refractivity contribution in [3.8, 4) is 0 Å². The number of thiazole rings is 1. The van der Waals surface area contributed by atoms with E-state index in [0.717, 1.165) is 30.0 Å². The Hall–Kier alpha value is -2.28. The number of nitrogens with zero attached hydrogens (tertiary/aromatic N) is 4. The van der Waals surface area contributed by atoms with E-state index in [1.54, 1.807) is 30.0 Å². The fourth-order valence-corrected chi connectivity index (χ4v) is 4.56. The molecule has 0 aromatic carbocycles. The first kappa shape index (κ1) is 16.2. The molecule has 5 heterocycles. The normalized spacial score (nSPS) is 22.8. The molecule has 3 aliphatic heterocycles. The van der Waals surface area contributed by atoms with Crippen molar-refractivity contribution in [2.75, 3.05) is 19.6 Å². The van der Waals surface area contributed by atoms with Crippen LogP contribution in [-0.4, -0.2) is 57.3 Å². The molecular weight excluding hydrogens is 336 g/mol. The van der Waals surface area contributed by atoms with Crippen LogP contribution in [0.3, 0.4) is 0 Å². The molecule has 2 bridgehead atoms. The lowest BCUT2D eigenvalue weighted by atomic mass is 9.95. The summed E-state index contributed by atoms with van der Waals surface area (Å²) in [6.45, 7) is 3.89. The van der Waals surface area contributed by atoms with Gasteiger partial charge in [0.25, 0.3) is 11.8 Å². The second-order valence-electron chi connectivity index (χ2n) is 6.77. The highest BCUT2D eigenvalue weighted by molar-refractivity contribution is 7.11. The summed E-state index contributed by atoms with van der Waals surface area (Å²) < 4.78 is 0. The van der Waals surface area contributed by atoms with Crippen LogP contribution in [0.5, 0.6) is 0 Å². The molecule has 5 rings (SSSR count). The third kappa shape index (κ3) is 3.04. The Labute approximate surface area is 150 Å². The monoisotopic (exact) mass is 356 g/mol. The Kier molecular flexibility index (Phi) is 4.25. The first-order valence-corrected chi connectivity index (χ1v) is 9.42. The van der Waals surface area contributed by atoms with Crippen LogP contribution in [0, 0.1) is 12.8 Å². The fourth-order valence-electron chi connectivity index (χ4n) is 3.81. The lowest BCUT2D eigenvalue weighted by Crippen LogP contribution is -2.47. The summed E-state index contributed by atoms with van der Waals surface area (Å²) in [5.74, 6) is 0.398. The van der Waals surface area contributed by atoms with Crippen molar-refractivity contribution in [3.63, 3.8) is 0 Å². The molecule has 2 atom stereocenters. The molecule has 2 aromatic rings. The van der Waals surface area contributed by atoms with Crippen molar-refractivity contribution < 1.29 is 9.59 Å². The number of fused-ring (bicyclic) bond motifs is 4. The molecule has 25 heavy (non-hydrogen) atoms. The lowest BCUT2D eigenvalue weighted by molar-refractivity contribution is 0.0578. The van der Waals surface area contributed by atoms with E-state index in [4.69, 9.17) is 0 Å². The third-order valence-electron chi connectivity index (χ3n) is 5.11. The van der Waals surface area contributed by atoms with Crippen LogP contribution in [-0.2, 0) is 0 Å². The zero-order chi connectivity index (χ0) is 17.4. The van der Waals surface area contributed by atoms with E-state index in [1.165, 1.54) is 11.3 Å². The maximum Gasteiger partial charge on any atom is 0.266 e. The molecule has 3 fully saturated rings. The zero-order valence-electron chi connectivity index (χ0n) is 14.1. The molecule has 0 saturated carbocycles. The van der Waals surface area contributed by atoms with Crippen LogP contribution in [0.2, 0.25) is 0 Å². The Morgan fingerprint density at radius 2 is 2.08 bits per heavy atom. The maximum absolute atomic E-state index is 13.0. The number of rotatable bonds is 2. The summed E-state index contributed by atoms with van der Waals surface area (Å²) in [7, 11) is 0. The van der Waals surface area contributed by atoms with Crippen molar-refractivity contribution in [1.82, 2.24) is 19.8 Å². The van der Waals surface area contributed by atoms with Crippen molar-refractivity contribution >= 4 is 23.2 Å². The molecule has 0 radical (unpaired) electrons. The predicted molar refractivity (Wildman–Crippen MR) is 94.5 cm³/mol. The largest absolute Gasteiger partial charge is 0.336 e. The van der Waals surface area contributed by atoms with Gasteiger partial charge in [-0.3, -0.25) is 14.6 Å². The third-order valence-corrected chi connectivity index (χ3v) is 6.03. The summed E-state index contributed by atoms with van der Waals surface area (Å²) in [6, 6.07) is 3.65. The SMILES string of the molecule is Cc1ncsc1C(=O)N1C[C@H]2CC[C@@H]1CN(C(=O)c1cccnc1)C2. The Bertz CT molecular complexity index is 791. The van der Waals surface area contributed by atoms with Crippen molar-refractivity contribution in [3.05, 3.63) is 46.2 Å². The molecule has 0 N–H and O–H groups in total. The Morgan fingerprint density at radius 3 is 2.80 bits per heavy atom. The summed E-state index contributed by atoms with van der Waals surface area (Å²) in [5, 5.41) is 0. The zero-order valence-corrected chi connectivity index (χ0v) is 14.9. The number of carbonyl (C=O) groups is 2. The molecule has 0 spiro atoms. The van der Waals surface area contributed by atoms with Gasteiger partial charge in [0.05, 0.1) is 16.8 Å². The number of hydrogen-bond acceptors (Lipinski definition) is 5. The minimum Gasteiger partial charge on any atom is -0.336 e. The number of carbonyl (C=O) groups excluding carboxylic acids is 2. The first-order valence-electron chi connectivity index (χ1n) is 8.54. The fraction of sp³-hybridized carbons (Fsp3) is 0.444. The number of hydrogen-bond donors (Lipinski definition) is 0. The van der Waals surface area contributed by atoms with Crippen LogP contribution >= 0.6 is 11.3 Å². The standard InChI is InChI=1S/C18H20N4O2S/c1-12-16(25-11-20-12)18(24)22-9-13-4-5-15(22)10-21(8-13)17(23)14-3-2-6-19-7-14/h2-3,6-7,11,13,15H,4-5,8-10H2,1H3/t13-,15+/m0/s1. The molecule has 0 unspecified atom stereocenters. The van der Waals surface area contributed by atoms with E-state index < -0.39 is 0 Å². The van der Waals surface area contributed by atoms with Crippen molar-refractivity contribution in [1.29, 1.82) is 0 Å². The topological polar surface area (TPSA) is 66.4 Å². The second kappa shape index (κ2) is 6.55. The van der Waals surface area contributed by atoms with E-state index in [9.17, 15) is 9.59 Å². The molecule has 3 saturated heterocycles. The van der Waals surface area contributed by atoms with Crippen LogP contribution in [0.1, 0.15) is 38.6 Å². The predicted octanol–water partition coefficient (Wildman–Crippen LogP) is 2.22. The van der Waals surface area contributed by atoms with Crippen molar-refractivity contribution in [2.24, 2.45) is 5.92 Å². The summed E-state index contributed by atoms with van der Waals surface area (Å²) in [4.78, 5) is 38.6. The summed E-state index contributed by atoms with van der Waals surface area (Å²) in [5.41, 5.74) is 3.12. The summed E-state index contributed by atoms with van der Waals surface area (Å²) >= 11 is 1.40. The van der Waals surface area contributed by atoms with E-state index >= 15 is 0 Å². The van der Waals surface area contributed by atoms with Gasteiger partial charge in [0.1, 0.15) is 4.88 Å². The minimum atomic E-state index is 0.00766. The quantitative estimate of drug-likeness (QED) is 0.828. The van der Waals surface area contributed by atoms with Crippen LogP contribution in [0.25, 0.3) is 0 Å². The van der Waals surface area contributed by atoms with Gasteiger partial charge in [0.2, 0.25) is 0 Å². The van der Waals surface area contributed by atoms with Gasteiger partial charge in [-0.15, -0.1) is 11.3 Å². The number of piperidine rings is 1. The molecule has 6 nitrogen and oxygen atoms in total. The molecule has 0 aliphatic carbocycles. The molecular formula is C18H20N4O2S. The van der Waals surface area contributed by atoms with Crippen LogP contribution < -0.4 is 0 Å². The molecule has 7 heteroatoms. The lowest BCUT2D eigenvalue weighted by Gasteiger charge is -2.35. The Balaban J connectivity index is 1.56. The highest BCUT2D eigenvalue weighted by Crippen LogP contribution is 2.31. The average molecular weight is 356 g/mol. The Morgan fingerprint density at radius 1 is 1.20 bits per heavy atom. The van der Waals surface area contributed by atoms with E-state index in [0.29, 0.717) is 24.6 Å². The van der Waals surface area contributed by atoms with Gasteiger partial charge < -0.3 is 9.80 Å². The summed E-state index contributed by atoms with van der Waals surface area (Å²) in [6.07, 6.45) is 5.29. The minimum absolute atomic E-state index is 0.00766.